The van der Waals surface area contributed by atoms with E-state index in [1.54, 1.807) is 6.92 Å². The van der Waals surface area contributed by atoms with Gasteiger partial charge in [-0.15, -0.1) is 0 Å². The topological polar surface area (TPSA) is 118 Å². The van der Waals surface area contributed by atoms with Crippen molar-refractivity contribution in [1.82, 2.24) is 0 Å². The molecule has 3 aliphatic carbocycles. The van der Waals surface area contributed by atoms with Gasteiger partial charge in [-0.05, 0) is 31.3 Å². The SMILES string of the molecule is C=C(C)C12CC(C)C34OC(c5ccccc5)(OC1C3C1OC1(CO)C(O)C1(O)C(=O)C(C)CC14)O2. The normalized spacial score (nSPS) is 57.3. The van der Waals surface area contributed by atoms with Crippen LogP contribution in [0, 0.1) is 23.7 Å². The van der Waals surface area contributed by atoms with Crippen LogP contribution in [-0.4, -0.2) is 68.4 Å². The van der Waals surface area contributed by atoms with E-state index in [4.69, 9.17) is 18.9 Å². The predicted octanol–water partition coefficient (Wildman–Crippen LogP) is 1.41. The summed E-state index contributed by atoms with van der Waals surface area (Å²) in [6.07, 6.45) is -1.97. The minimum Gasteiger partial charge on any atom is -0.393 e. The second-order valence-electron chi connectivity index (χ2n) is 11.8. The number of carbonyl (C=O) groups excluding carboxylic acids is 1. The highest BCUT2D eigenvalue weighted by atomic mass is 16.9. The number of benzene rings is 1. The zero-order valence-corrected chi connectivity index (χ0v) is 20.1. The minimum atomic E-state index is -2.13. The maximum absolute atomic E-state index is 13.5. The third-order valence-electron chi connectivity index (χ3n) is 10.2. The molecule has 3 saturated heterocycles. The Kier molecular flexibility index (Phi) is 4.14. The zero-order valence-electron chi connectivity index (χ0n) is 20.1. The molecule has 188 valence electrons. The number of ketones is 1. The zero-order chi connectivity index (χ0) is 24.8. The summed E-state index contributed by atoms with van der Waals surface area (Å²) in [5.41, 5.74) is -4.14. The molecule has 3 N–H and O–H groups in total. The standard InChI is InChI=1S/C27H32O8/c1-13(2)23-11-15(4)26-17-10-14(3)19(29)25(17,31)22(30)24(12-28)21(32-24)18(26)20(23)33-27(34-23,35-26)16-8-6-5-7-9-16/h5-9,14-15,17-18,20-22,28,30-31H,1,10-12H2,2-4H3. The Morgan fingerprint density at radius 2 is 1.86 bits per heavy atom. The van der Waals surface area contributed by atoms with Crippen molar-refractivity contribution in [3.63, 3.8) is 0 Å². The number of Topliss-reactive ketones (excluding diaryl/α,β-unsaturated/α-hetero) is 1. The highest BCUT2D eigenvalue weighted by molar-refractivity contribution is 5.93. The summed E-state index contributed by atoms with van der Waals surface area (Å²) in [4.78, 5) is 13.5. The van der Waals surface area contributed by atoms with E-state index in [2.05, 4.69) is 6.58 Å². The molecule has 12 unspecified atom stereocenters. The molecule has 1 aromatic rings. The van der Waals surface area contributed by atoms with Crippen LogP contribution in [0.2, 0.25) is 0 Å². The first-order valence-electron chi connectivity index (χ1n) is 12.6. The number of epoxide rings is 1. The fraction of sp³-hybridized carbons (Fsp3) is 0.667. The van der Waals surface area contributed by atoms with Crippen molar-refractivity contribution in [3.8, 4) is 0 Å². The predicted molar refractivity (Wildman–Crippen MR) is 121 cm³/mol. The lowest BCUT2D eigenvalue weighted by atomic mass is 9.54. The van der Waals surface area contributed by atoms with Gasteiger partial charge in [-0.3, -0.25) is 4.79 Å². The molecule has 0 amide bonds. The fourth-order valence-electron chi connectivity index (χ4n) is 8.55. The van der Waals surface area contributed by atoms with Gasteiger partial charge in [0, 0.05) is 23.3 Å². The third-order valence-corrected chi connectivity index (χ3v) is 10.2. The van der Waals surface area contributed by atoms with Gasteiger partial charge in [-0.25, -0.2) is 0 Å². The fourth-order valence-corrected chi connectivity index (χ4v) is 8.55. The number of fused-ring (bicyclic) bond motifs is 3. The Bertz CT molecular complexity index is 1140. The van der Waals surface area contributed by atoms with Crippen LogP contribution < -0.4 is 0 Å². The lowest BCUT2D eigenvalue weighted by Gasteiger charge is -2.60. The number of hydrogen-bond acceptors (Lipinski definition) is 8. The Hall–Kier alpha value is -1.65. The molecule has 0 spiro atoms. The highest BCUT2D eigenvalue weighted by Gasteiger charge is 2.89. The highest BCUT2D eigenvalue weighted by Crippen LogP contribution is 2.74. The first-order chi connectivity index (χ1) is 16.5. The van der Waals surface area contributed by atoms with E-state index < -0.39 is 76.8 Å². The van der Waals surface area contributed by atoms with Crippen LogP contribution in [0.15, 0.2) is 42.5 Å². The number of ether oxygens (including phenoxy) is 4. The maximum Gasteiger partial charge on any atom is 0.313 e. The quantitative estimate of drug-likeness (QED) is 0.436. The summed E-state index contributed by atoms with van der Waals surface area (Å²) >= 11 is 0. The first kappa shape index (κ1) is 22.5. The van der Waals surface area contributed by atoms with Gasteiger partial charge >= 0.3 is 5.97 Å². The third kappa shape index (κ3) is 2.20. The lowest BCUT2D eigenvalue weighted by Crippen LogP contribution is -2.72. The Balaban J connectivity index is 1.52. The smallest absolute Gasteiger partial charge is 0.313 e. The van der Waals surface area contributed by atoms with Crippen molar-refractivity contribution in [3.05, 3.63) is 48.0 Å². The van der Waals surface area contributed by atoms with Gasteiger partial charge in [0.15, 0.2) is 11.4 Å². The van der Waals surface area contributed by atoms with Gasteiger partial charge in [-0.1, -0.05) is 50.8 Å². The van der Waals surface area contributed by atoms with E-state index in [1.165, 1.54) is 0 Å². The average molecular weight is 485 g/mol. The minimum absolute atomic E-state index is 0.199. The second kappa shape index (κ2) is 6.42. The van der Waals surface area contributed by atoms with Gasteiger partial charge in [0.1, 0.15) is 29.5 Å². The van der Waals surface area contributed by atoms with Crippen molar-refractivity contribution in [2.45, 2.75) is 80.3 Å². The second-order valence-corrected chi connectivity index (χ2v) is 11.8. The van der Waals surface area contributed by atoms with Crippen molar-refractivity contribution in [1.29, 1.82) is 0 Å². The van der Waals surface area contributed by atoms with Gasteiger partial charge in [-0.2, -0.15) is 0 Å². The van der Waals surface area contributed by atoms with Crippen LogP contribution in [-0.2, 0) is 29.7 Å². The molecule has 35 heavy (non-hydrogen) atoms. The molecule has 0 radical (unpaired) electrons. The molecule has 1 aromatic carbocycles. The van der Waals surface area contributed by atoms with E-state index in [0.717, 1.165) is 5.57 Å². The molecule has 3 bridgehead atoms. The number of aliphatic hydroxyl groups is 3. The molecule has 6 fully saturated rings. The molecule has 6 aliphatic rings. The van der Waals surface area contributed by atoms with E-state index in [9.17, 15) is 20.1 Å². The van der Waals surface area contributed by atoms with Crippen LogP contribution >= 0.6 is 0 Å². The first-order valence-corrected chi connectivity index (χ1v) is 12.6. The molecule has 0 aromatic heterocycles. The van der Waals surface area contributed by atoms with Crippen LogP contribution in [0.25, 0.3) is 0 Å². The van der Waals surface area contributed by atoms with Crippen LogP contribution in [0.1, 0.15) is 39.2 Å². The monoisotopic (exact) mass is 484 g/mol. The molecule has 3 aliphatic heterocycles. The van der Waals surface area contributed by atoms with Crippen molar-refractivity contribution >= 4 is 5.78 Å². The molecular weight excluding hydrogens is 452 g/mol. The average Bonchev–Trinajstić information content (AvgIpc) is 3.48. The number of carbonyl (C=O) groups is 1. The molecule has 3 heterocycles. The summed E-state index contributed by atoms with van der Waals surface area (Å²) in [6, 6.07) is 9.41. The summed E-state index contributed by atoms with van der Waals surface area (Å²) < 4.78 is 26.6. The molecule has 8 heteroatoms. The maximum atomic E-state index is 13.5. The van der Waals surface area contributed by atoms with Gasteiger partial charge in [0.2, 0.25) is 0 Å². The number of rotatable bonds is 3. The summed E-state index contributed by atoms with van der Waals surface area (Å²) in [5, 5.41) is 34.1. The van der Waals surface area contributed by atoms with Crippen molar-refractivity contribution < 1.29 is 39.1 Å². The number of aliphatic hydroxyl groups excluding tert-OH is 2. The lowest BCUT2D eigenvalue weighted by molar-refractivity contribution is -0.442. The largest absolute Gasteiger partial charge is 0.393 e. The van der Waals surface area contributed by atoms with Crippen LogP contribution in [0.5, 0.6) is 0 Å². The van der Waals surface area contributed by atoms with Gasteiger partial charge in [0.05, 0.1) is 12.2 Å². The van der Waals surface area contributed by atoms with Crippen LogP contribution in [0.4, 0.5) is 0 Å². The van der Waals surface area contributed by atoms with E-state index in [0.29, 0.717) is 18.4 Å². The van der Waals surface area contributed by atoms with Gasteiger partial charge in [0.25, 0.3) is 0 Å². The van der Waals surface area contributed by atoms with Crippen LogP contribution in [0.3, 0.4) is 0 Å². The molecule has 8 nitrogen and oxygen atoms in total. The molecule has 12 atom stereocenters. The summed E-state index contributed by atoms with van der Waals surface area (Å²) in [7, 11) is 0. The van der Waals surface area contributed by atoms with E-state index in [1.807, 2.05) is 44.2 Å². The summed E-state index contributed by atoms with van der Waals surface area (Å²) in [5.74, 6) is -3.91. The Morgan fingerprint density at radius 3 is 2.51 bits per heavy atom. The van der Waals surface area contributed by atoms with Crippen molar-refractivity contribution in [2.24, 2.45) is 23.7 Å². The molecule has 3 saturated carbocycles. The summed E-state index contributed by atoms with van der Waals surface area (Å²) in [6.45, 7) is 9.47. The van der Waals surface area contributed by atoms with E-state index >= 15 is 0 Å². The molecule has 7 rings (SSSR count). The van der Waals surface area contributed by atoms with E-state index in [-0.39, 0.29) is 5.92 Å². The Morgan fingerprint density at radius 1 is 1.14 bits per heavy atom. The molecular formula is C27H32O8. The van der Waals surface area contributed by atoms with Gasteiger partial charge < -0.3 is 34.3 Å². The Labute approximate surface area is 203 Å². The number of hydrogen-bond donors (Lipinski definition) is 3. The van der Waals surface area contributed by atoms with Crippen molar-refractivity contribution in [2.75, 3.05) is 6.61 Å².